The molecular formula is C10H23NO. The van der Waals surface area contributed by atoms with Gasteiger partial charge in [-0.2, -0.15) is 0 Å². The van der Waals surface area contributed by atoms with Crippen molar-refractivity contribution in [1.82, 2.24) is 0 Å². The van der Waals surface area contributed by atoms with Crippen molar-refractivity contribution in [3.63, 3.8) is 0 Å². The topological polar surface area (TPSA) is 35.2 Å². The SMILES string of the molecule is CCCCCOC(N)(CC)CC. The van der Waals surface area contributed by atoms with Crippen LogP contribution in [0.2, 0.25) is 0 Å². The van der Waals surface area contributed by atoms with Crippen LogP contribution in [0, 0.1) is 0 Å². The maximum absolute atomic E-state index is 5.96. The second-order valence-corrected chi connectivity index (χ2v) is 3.33. The van der Waals surface area contributed by atoms with E-state index in [2.05, 4.69) is 20.8 Å². The van der Waals surface area contributed by atoms with Gasteiger partial charge in [-0.1, -0.05) is 33.6 Å². The highest BCUT2D eigenvalue weighted by Gasteiger charge is 2.19. The van der Waals surface area contributed by atoms with Crippen molar-refractivity contribution in [1.29, 1.82) is 0 Å². The summed E-state index contributed by atoms with van der Waals surface area (Å²) < 4.78 is 5.61. The first-order chi connectivity index (χ1) is 5.68. The summed E-state index contributed by atoms with van der Waals surface area (Å²) >= 11 is 0. The molecule has 0 aliphatic heterocycles. The van der Waals surface area contributed by atoms with Crippen LogP contribution in [0.25, 0.3) is 0 Å². The average molecular weight is 173 g/mol. The summed E-state index contributed by atoms with van der Waals surface area (Å²) in [7, 11) is 0. The van der Waals surface area contributed by atoms with E-state index in [1.54, 1.807) is 0 Å². The Bertz CT molecular complexity index is 100. The highest BCUT2D eigenvalue weighted by atomic mass is 16.5. The summed E-state index contributed by atoms with van der Waals surface area (Å²) in [6, 6.07) is 0. The van der Waals surface area contributed by atoms with E-state index < -0.39 is 0 Å². The molecule has 2 N–H and O–H groups in total. The second kappa shape index (κ2) is 6.44. The van der Waals surface area contributed by atoms with Crippen LogP contribution in [0.15, 0.2) is 0 Å². The van der Waals surface area contributed by atoms with Crippen LogP contribution < -0.4 is 5.73 Å². The third kappa shape index (κ3) is 4.73. The van der Waals surface area contributed by atoms with Crippen LogP contribution in [0.4, 0.5) is 0 Å². The van der Waals surface area contributed by atoms with Gasteiger partial charge in [0, 0.05) is 6.61 Å². The van der Waals surface area contributed by atoms with E-state index in [0.29, 0.717) is 0 Å². The Kier molecular flexibility index (Phi) is 6.39. The Morgan fingerprint density at radius 1 is 1.08 bits per heavy atom. The number of rotatable bonds is 7. The standard InChI is InChI=1S/C10H23NO/c1-4-7-8-9-12-10(11,5-2)6-3/h4-9,11H2,1-3H3. The lowest BCUT2D eigenvalue weighted by Crippen LogP contribution is -2.41. The van der Waals surface area contributed by atoms with Gasteiger partial charge >= 0.3 is 0 Å². The third-order valence-corrected chi connectivity index (χ3v) is 2.33. The minimum absolute atomic E-state index is 0.367. The molecule has 0 aromatic heterocycles. The molecule has 0 spiro atoms. The van der Waals surface area contributed by atoms with Crippen molar-refractivity contribution in [2.24, 2.45) is 5.73 Å². The molecule has 0 bridgehead atoms. The fourth-order valence-corrected chi connectivity index (χ4v) is 1.08. The molecule has 0 aromatic carbocycles. The maximum atomic E-state index is 5.96. The van der Waals surface area contributed by atoms with Crippen molar-refractivity contribution in [3.05, 3.63) is 0 Å². The van der Waals surface area contributed by atoms with Crippen LogP contribution >= 0.6 is 0 Å². The molecule has 74 valence electrons. The smallest absolute Gasteiger partial charge is 0.116 e. The molecule has 0 saturated carbocycles. The number of nitrogens with two attached hydrogens (primary N) is 1. The van der Waals surface area contributed by atoms with Gasteiger partial charge < -0.3 is 10.5 Å². The number of ether oxygens (including phenoxy) is 1. The molecule has 0 heterocycles. The minimum atomic E-state index is -0.367. The fraction of sp³-hybridized carbons (Fsp3) is 1.00. The molecular weight excluding hydrogens is 150 g/mol. The lowest BCUT2D eigenvalue weighted by Gasteiger charge is -2.26. The van der Waals surface area contributed by atoms with Crippen LogP contribution in [-0.2, 0) is 4.74 Å². The Morgan fingerprint density at radius 2 is 1.67 bits per heavy atom. The molecule has 0 aliphatic carbocycles. The van der Waals surface area contributed by atoms with Crippen LogP contribution in [-0.4, -0.2) is 12.3 Å². The zero-order chi connectivity index (χ0) is 9.45. The fourth-order valence-electron chi connectivity index (χ4n) is 1.08. The lowest BCUT2D eigenvalue weighted by molar-refractivity contribution is -0.0481. The molecule has 2 nitrogen and oxygen atoms in total. The molecule has 12 heavy (non-hydrogen) atoms. The Hall–Kier alpha value is -0.0800. The first kappa shape index (κ1) is 11.9. The molecule has 0 saturated heterocycles. The van der Waals surface area contributed by atoms with Gasteiger partial charge in [0.05, 0.1) is 0 Å². The number of hydrogen-bond donors (Lipinski definition) is 1. The summed E-state index contributed by atoms with van der Waals surface area (Å²) in [5, 5.41) is 0. The summed E-state index contributed by atoms with van der Waals surface area (Å²) in [6.07, 6.45) is 5.41. The predicted molar refractivity (Wildman–Crippen MR) is 53.0 cm³/mol. The van der Waals surface area contributed by atoms with Gasteiger partial charge in [-0.05, 0) is 19.3 Å². The largest absolute Gasteiger partial charge is 0.361 e. The zero-order valence-corrected chi connectivity index (χ0v) is 8.73. The maximum Gasteiger partial charge on any atom is 0.116 e. The van der Waals surface area contributed by atoms with Crippen LogP contribution in [0.5, 0.6) is 0 Å². The summed E-state index contributed by atoms with van der Waals surface area (Å²) in [5.41, 5.74) is 5.59. The Labute approximate surface area is 76.5 Å². The molecule has 0 fully saturated rings. The monoisotopic (exact) mass is 173 g/mol. The Morgan fingerprint density at radius 3 is 2.08 bits per heavy atom. The van der Waals surface area contributed by atoms with Gasteiger partial charge in [0.25, 0.3) is 0 Å². The van der Waals surface area contributed by atoms with E-state index >= 15 is 0 Å². The molecule has 0 radical (unpaired) electrons. The predicted octanol–water partition coefficient (Wildman–Crippen LogP) is 2.67. The van der Waals surface area contributed by atoms with Crippen molar-refractivity contribution >= 4 is 0 Å². The third-order valence-electron chi connectivity index (χ3n) is 2.33. The second-order valence-electron chi connectivity index (χ2n) is 3.33. The van der Waals surface area contributed by atoms with Crippen molar-refractivity contribution in [2.75, 3.05) is 6.61 Å². The highest BCUT2D eigenvalue weighted by molar-refractivity contribution is 4.68. The van der Waals surface area contributed by atoms with Gasteiger partial charge in [-0.15, -0.1) is 0 Å². The summed E-state index contributed by atoms with van der Waals surface area (Å²) in [4.78, 5) is 0. The first-order valence-corrected chi connectivity index (χ1v) is 5.11. The molecule has 0 aliphatic rings. The normalized spacial score (nSPS) is 12.0. The van der Waals surface area contributed by atoms with E-state index in [1.807, 2.05) is 0 Å². The van der Waals surface area contributed by atoms with E-state index in [9.17, 15) is 0 Å². The molecule has 0 rings (SSSR count). The number of unbranched alkanes of at least 4 members (excludes halogenated alkanes) is 2. The van der Waals surface area contributed by atoms with Gasteiger partial charge in [-0.3, -0.25) is 0 Å². The Balaban J connectivity index is 3.45. The molecule has 0 atom stereocenters. The van der Waals surface area contributed by atoms with Crippen molar-refractivity contribution in [2.45, 2.75) is 58.6 Å². The molecule has 0 aromatic rings. The zero-order valence-electron chi connectivity index (χ0n) is 8.73. The van der Waals surface area contributed by atoms with Gasteiger partial charge in [0.15, 0.2) is 0 Å². The van der Waals surface area contributed by atoms with E-state index in [0.717, 1.165) is 25.9 Å². The van der Waals surface area contributed by atoms with Crippen molar-refractivity contribution in [3.8, 4) is 0 Å². The molecule has 0 unspecified atom stereocenters. The lowest BCUT2D eigenvalue weighted by atomic mass is 10.1. The summed E-state index contributed by atoms with van der Waals surface area (Å²) in [5.74, 6) is 0. The van der Waals surface area contributed by atoms with E-state index in [-0.39, 0.29) is 5.72 Å². The first-order valence-electron chi connectivity index (χ1n) is 5.11. The van der Waals surface area contributed by atoms with E-state index in [1.165, 1.54) is 12.8 Å². The van der Waals surface area contributed by atoms with Crippen molar-refractivity contribution < 1.29 is 4.74 Å². The average Bonchev–Trinajstić information content (AvgIpc) is 2.12. The van der Waals surface area contributed by atoms with Crippen LogP contribution in [0.3, 0.4) is 0 Å². The van der Waals surface area contributed by atoms with Gasteiger partial charge in [0.2, 0.25) is 0 Å². The summed E-state index contributed by atoms with van der Waals surface area (Å²) in [6.45, 7) is 7.15. The van der Waals surface area contributed by atoms with E-state index in [4.69, 9.17) is 10.5 Å². The van der Waals surface area contributed by atoms with Gasteiger partial charge in [0.1, 0.15) is 5.72 Å². The molecule has 0 amide bonds. The number of hydrogen-bond acceptors (Lipinski definition) is 2. The quantitative estimate of drug-likeness (QED) is 0.474. The minimum Gasteiger partial charge on any atom is -0.361 e. The molecule has 2 heteroatoms. The van der Waals surface area contributed by atoms with Crippen LogP contribution in [0.1, 0.15) is 52.9 Å². The highest BCUT2D eigenvalue weighted by Crippen LogP contribution is 2.13. The van der Waals surface area contributed by atoms with Gasteiger partial charge in [-0.25, -0.2) is 0 Å².